The minimum absolute atomic E-state index is 0.662. The van der Waals surface area contributed by atoms with Gasteiger partial charge in [-0.3, -0.25) is 0 Å². The summed E-state index contributed by atoms with van der Waals surface area (Å²) in [6, 6.07) is 17.6. The molecule has 0 atom stereocenters. The maximum Gasteiger partial charge on any atom is 0.243 e. The topological polar surface area (TPSA) is 70.5 Å². The Kier molecular flexibility index (Phi) is 6.60. The zero-order valence-corrected chi connectivity index (χ0v) is 15.4. The number of anilines is 3. The average molecular weight is 364 g/mol. The molecule has 3 heterocycles. The molecule has 1 saturated heterocycles. The summed E-state index contributed by atoms with van der Waals surface area (Å²) in [5.41, 5.74) is 2.03. The van der Waals surface area contributed by atoms with Gasteiger partial charge in [0.05, 0.1) is 0 Å². The van der Waals surface area contributed by atoms with Gasteiger partial charge in [0.15, 0.2) is 0 Å². The molecular formula is C21H24N4O2. The van der Waals surface area contributed by atoms with E-state index in [1.165, 1.54) is 12.8 Å². The molecule has 4 rings (SSSR count). The number of aliphatic hydroxyl groups excluding tert-OH is 1. The van der Waals surface area contributed by atoms with E-state index in [1.807, 2.05) is 48.5 Å². The number of benzene rings is 1. The van der Waals surface area contributed by atoms with E-state index in [1.54, 1.807) is 12.4 Å². The maximum absolute atomic E-state index is 7.00. The highest BCUT2D eigenvalue weighted by Gasteiger charge is 2.17. The van der Waals surface area contributed by atoms with Crippen molar-refractivity contribution in [2.75, 3.05) is 30.4 Å². The van der Waals surface area contributed by atoms with E-state index in [9.17, 15) is 0 Å². The Morgan fingerprint density at radius 1 is 0.889 bits per heavy atom. The van der Waals surface area contributed by atoms with E-state index in [-0.39, 0.29) is 0 Å². The van der Waals surface area contributed by atoms with Crippen molar-refractivity contribution in [2.24, 2.45) is 0 Å². The highest BCUT2D eigenvalue weighted by Crippen LogP contribution is 2.32. The normalized spacial score (nSPS) is 12.9. The molecule has 0 amide bonds. The Balaban J connectivity index is 0.00000102. The van der Waals surface area contributed by atoms with E-state index >= 15 is 0 Å². The fraction of sp³-hybridized carbons (Fsp3) is 0.238. The smallest absolute Gasteiger partial charge is 0.243 e. The Morgan fingerprint density at radius 2 is 1.63 bits per heavy atom. The lowest BCUT2D eigenvalue weighted by atomic mass is 10.3. The molecule has 1 fully saturated rings. The molecule has 1 aliphatic rings. The Labute approximate surface area is 159 Å². The molecule has 0 unspecified atom stereocenters. The Morgan fingerprint density at radius 3 is 2.33 bits per heavy atom. The van der Waals surface area contributed by atoms with Crippen molar-refractivity contribution >= 4 is 17.2 Å². The SMILES string of the molecule is CO.c1ccc(Nc2ccc(Oc3ncccc3N3CCCC3)cc2)nc1. The molecule has 0 radical (unpaired) electrons. The van der Waals surface area contributed by atoms with Gasteiger partial charge in [0, 0.05) is 38.3 Å². The van der Waals surface area contributed by atoms with Gasteiger partial charge in [0.25, 0.3) is 0 Å². The number of aromatic nitrogens is 2. The van der Waals surface area contributed by atoms with Crippen LogP contribution >= 0.6 is 0 Å². The number of hydrogen-bond donors (Lipinski definition) is 2. The second-order valence-electron chi connectivity index (χ2n) is 5.99. The summed E-state index contributed by atoms with van der Waals surface area (Å²) in [6.07, 6.45) is 5.98. The van der Waals surface area contributed by atoms with Crippen LogP contribution in [0.3, 0.4) is 0 Å². The van der Waals surface area contributed by atoms with E-state index in [0.29, 0.717) is 5.88 Å². The van der Waals surface area contributed by atoms with Crippen LogP contribution in [0.5, 0.6) is 11.6 Å². The van der Waals surface area contributed by atoms with Crippen LogP contribution in [0.25, 0.3) is 0 Å². The molecular weight excluding hydrogens is 340 g/mol. The number of ether oxygens (including phenoxy) is 1. The first-order valence-electron chi connectivity index (χ1n) is 8.99. The molecule has 2 aromatic heterocycles. The number of aliphatic hydroxyl groups is 1. The van der Waals surface area contributed by atoms with E-state index in [0.717, 1.165) is 43.1 Å². The summed E-state index contributed by atoms with van der Waals surface area (Å²) in [6.45, 7) is 2.13. The van der Waals surface area contributed by atoms with E-state index in [4.69, 9.17) is 9.84 Å². The molecule has 0 saturated carbocycles. The van der Waals surface area contributed by atoms with Gasteiger partial charge in [-0.05, 0) is 61.4 Å². The lowest BCUT2D eigenvalue weighted by Gasteiger charge is -2.20. The fourth-order valence-electron chi connectivity index (χ4n) is 2.96. The van der Waals surface area contributed by atoms with Crippen LogP contribution in [-0.2, 0) is 0 Å². The molecule has 3 aromatic rings. The van der Waals surface area contributed by atoms with Crippen molar-refractivity contribution < 1.29 is 9.84 Å². The van der Waals surface area contributed by atoms with Gasteiger partial charge in [0.1, 0.15) is 17.3 Å². The number of nitrogens with one attached hydrogen (secondary N) is 1. The van der Waals surface area contributed by atoms with Gasteiger partial charge in [0.2, 0.25) is 5.88 Å². The first-order valence-corrected chi connectivity index (χ1v) is 8.99. The second kappa shape index (κ2) is 9.54. The Hall–Kier alpha value is -3.12. The number of pyridine rings is 2. The number of rotatable bonds is 5. The molecule has 2 N–H and O–H groups in total. The largest absolute Gasteiger partial charge is 0.437 e. The lowest BCUT2D eigenvalue weighted by molar-refractivity contribution is 0.399. The van der Waals surface area contributed by atoms with Crippen LogP contribution in [0.2, 0.25) is 0 Å². The van der Waals surface area contributed by atoms with Gasteiger partial charge >= 0.3 is 0 Å². The summed E-state index contributed by atoms with van der Waals surface area (Å²) in [5, 5.41) is 10.3. The molecule has 0 aliphatic carbocycles. The van der Waals surface area contributed by atoms with Crippen LogP contribution in [0.4, 0.5) is 17.2 Å². The van der Waals surface area contributed by atoms with E-state index in [2.05, 4.69) is 26.3 Å². The summed E-state index contributed by atoms with van der Waals surface area (Å²) in [4.78, 5) is 11.0. The molecule has 1 aliphatic heterocycles. The number of nitrogens with zero attached hydrogens (tertiary/aromatic N) is 3. The van der Waals surface area contributed by atoms with Crippen LogP contribution < -0.4 is 15.0 Å². The zero-order chi connectivity index (χ0) is 18.9. The molecule has 140 valence electrons. The fourth-order valence-corrected chi connectivity index (χ4v) is 2.96. The third-order valence-electron chi connectivity index (χ3n) is 4.20. The minimum atomic E-state index is 0.662. The molecule has 27 heavy (non-hydrogen) atoms. The Bertz CT molecular complexity index is 819. The van der Waals surface area contributed by atoms with Crippen LogP contribution in [0.1, 0.15) is 12.8 Å². The second-order valence-corrected chi connectivity index (χ2v) is 5.99. The van der Waals surface area contributed by atoms with Crippen molar-refractivity contribution in [1.82, 2.24) is 9.97 Å². The predicted molar refractivity (Wildman–Crippen MR) is 108 cm³/mol. The quantitative estimate of drug-likeness (QED) is 0.706. The van der Waals surface area contributed by atoms with Crippen molar-refractivity contribution in [1.29, 1.82) is 0 Å². The molecule has 1 aromatic carbocycles. The van der Waals surface area contributed by atoms with Gasteiger partial charge < -0.3 is 20.1 Å². The molecule has 6 heteroatoms. The molecule has 0 bridgehead atoms. The van der Waals surface area contributed by atoms with Crippen molar-refractivity contribution in [3.63, 3.8) is 0 Å². The van der Waals surface area contributed by atoms with Gasteiger partial charge in [-0.1, -0.05) is 6.07 Å². The zero-order valence-electron chi connectivity index (χ0n) is 15.4. The molecule has 0 spiro atoms. The summed E-state index contributed by atoms with van der Waals surface area (Å²) < 4.78 is 6.03. The summed E-state index contributed by atoms with van der Waals surface area (Å²) >= 11 is 0. The maximum atomic E-state index is 7.00. The highest BCUT2D eigenvalue weighted by molar-refractivity contribution is 5.59. The third kappa shape index (κ3) is 4.95. The van der Waals surface area contributed by atoms with E-state index < -0.39 is 0 Å². The minimum Gasteiger partial charge on any atom is -0.437 e. The van der Waals surface area contributed by atoms with Gasteiger partial charge in [-0.25, -0.2) is 9.97 Å². The standard InChI is InChI=1S/C20H20N4O.CH4O/c1-2-12-21-19(7-1)23-16-8-10-17(11-9-16)25-20-18(6-5-13-22-20)24-14-3-4-15-24;1-2/h1-2,5-13H,3-4,14-15H2,(H,21,23);2H,1H3. The van der Waals surface area contributed by atoms with Crippen LogP contribution in [-0.4, -0.2) is 35.3 Å². The van der Waals surface area contributed by atoms with Crippen molar-refractivity contribution in [3.05, 3.63) is 67.0 Å². The monoisotopic (exact) mass is 364 g/mol. The van der Waals surface area contributed by atoms with Gasteiger partial charge in [-0.15, -0.1) is 0 Å². The van der Waals surface area contributed by atoms with Gasteiger partial charge in [-0.2, -0.15) is 0 Å². The lowest BCUT2D eigenvalue weighted by Crippen LogP contribution is -2.18. The summed E-state index contributed by atoms with van der Waals surface area (Å²) in [7, 11) is 1.00. The first-order chi connectivity index (χ1) is 13.4. The highest BCUT2D eigenvalue weighted by atomic mass is 16.5. The van der Waals surface area contributed by atoms with Crippen molar-refractivity contribution in [2.45, 2.75) is 12.8 Å². The van der Waals surface area contributed by atoms with Crippen LogP contribution in [0, 0.1) is 0 Å². The number of hydrogen-bond acceptors (Lipinski definition) is 6. The van der Waals surface area contributed by atoms with Crippen molar-refractivity contribution in [3.8, 4) is 11.6 Å². The summed E-state index contributed by atoms with van der Waals surface area (Å²) in [5.74, 6) is 2.25. The molecule has 6 nitrogen and oxygen atoms in total. The van der Waals surface area contributed by atoms with Crippen LogP contribution in [0.15, 0.2) is 67.0 Å². The third-order valence-corrected chi connectivity index (χ3v) is 4.20. The first kappa shape index (κ1) is 18.7. The predicted octanol–water partition coefficient (Wildman–Crippen LogP) is 4.22. The average Bonchev–Trinajstić information content (AvgIpc) is 3.27.